The molecule has 0 amide bonds. The number of aliphatic hydroxyl groups excluding tert-OH is 1. The summed E-state index contributed by atoms with van der Waals surface area (Å²) in [7, 11) is 0. The monoisotopic (exact) mass is 282 g/mol. The third-order valence-electron chi connectivity index (χ3n) is 3.93. The second-order valence-corrected chi connectivity index (χ2v) is 5.62. The summed E-state index contributed by atoms with van der Waals surface area (Å²) in [5, 5.41) is 10.4. The number of aliphatic hydroxyl groups is 1. The molecule has 1 N–H and O–H groups in total. The van der Waals surface area contributed by atoms with Gasteiger partial charge in [0.15, 0.2) is 5.78 Å². The van der Waals surface area contributed by atoms with Crippen LogP contribution >= 0.6 is 0 Å². The minimum atomic E-state index is -0.491. The quantitative estimate of drug-likeness (QED) is 0.807. The van der Waals surface area contributed by atoms with Gasteiger partial charge in [-0.05, 0) is 36.8 Å². The Hall–Kier alpha value is -1.93. The molecule has 0 saturated heterocycles. The van der Waals surface area contributed by atoms with E-state index in [4.69, 9.17) is 0 Å². The summed E-state index contributed by atoms with van der Waals surface area (Å²) >= 11 is 0. The molecular formula is C19H22O2. The summed E-state index contributed by atoms with van der Waals surface area (Å²) in [4.78, 5) is 11.3. The van der Waals surface area contributed by atoms with Crippen molar-refractivity contribution in [3.8, 4) is 0 Å². The molecule has 2 nitrogen and oxygen atoms in total. The maximum atomic E-state index is 11.3. The van der Waals surface area contributed by atoms with Crippen LogP contribution in [0.3, 0.4) is 0 Å². The Morgan fingerprint density at radius 1 is 1.05 bits per heavy atom. The van der Waals surface area contributed by atoms with Crippen LogP contribution in [0.15, 0.2) is 54.6 Å². The zero-order chi connectivity index (χ0) is 15.2. The summed E-state index contributed by atoms with van der Waals surface area (Å²) in [6.45, 7) is 3.61. The normalized spacial score (nSPS) is 13.7. The van der Waals surface area contributed by atoms with Gasteiger partial charge in [-0.1, -0.05) is 61.5 Å². The van der Waals surface area contributed by atoms with Crippen molar-refractivity contribution in [2.75, 3.05) is 0 Å². The number of benzene rings is 2. The van der Waals surface area contributed by atoms with E-state index in [1.54, 1.807) is 19.1 Å². The van der Waals surface area contributed by atoms with Crippen molar-refractivity contribution < 1.29 is 9.90 Å². The van der Waals surface area contributed by atoms with Gasteiger partial charge in [0.2, 0.25) is 0 Å². The van der Waals surface area contributed by atoms with Crippen LogP contribution in [-0.4, -0.2) is 10.9 Å². The molecule has 0 aromatic heterocycles. The molecule has 21 heavy (non-hydrogen) atoms. The molecule has 2 rings (SSSR count). The number of ketones is 1. The number of aryl methyl sites for hydroxylation is 1. The van der Waals surface area contributed by atoms with Crippen molar-refractivity contribution in [2.24, 2.45) is 5.92 Å². The van der Waals surface area contributed by atoms with E-state index in [1.807, 2.05) is 30.3 Å². The first-order valence-electron chi connectivity index (χ1n) is 7.41. The van der Waals surface area contributed by atoms with Gasteiger partial charge in [-0.25, -0.2) is 0 Å². The molecule has 2 unspecified atom stereocenters. The predicted octanol–water partition coefficient (Wildman–Crippen LogP) is 4.19. The van der Waals surface area contributed by atoms with Crippen LogP contribution in [0.25, 0.3) is 0 Å². The minimum Gasteiger partial charge on any atom is -0.388 e. The van der Waals surface area contributed by atoms with Crippen LogP contribution in [0.1, 0.15) is 47.9 Å². The van der Waals surface area contributed by atoms with Crippen LogP contribution in [0.2, 0.25) is 0 Å². The number of carbonyl (C=O) groups is 1. The average Bonchev–Trinajstić information content (AvgIpc) is 2.53. The Kier molecular flexibility index (Phi) is 5.29. The lowest BCUT2D eigenvalue weighted by Gasteiger charge is -2.19. The lowest BCUT2D eigenvalue weighted by Crippen LogP contribution is -2.10. The van der Waals surface area contributed by atoms with E-state index in [2.05, 4.69) is 19.1 Å². The molecule has 2 aromatic carbocycles. The largest absolute Gasteiger partial charge is 0.388 e. The second kappa shape index (κ2) is 7.19. The van der Waals surface area contributed by atoms with E-state index in [0.29, 0.717) is 5.56 Å². The van der Waals surface area contributed by atoms with E-state index in [9.17, 15) is 9.90 Å². The fourth-order valence-electron chi connectivity index (χ4n) is 2.44. The van der Waals surface area contributed by atoms with Gasteiger partial charge in [-0.3, -0.25) is 4.79 Å². The van der Waals surface area contributed by atoms with E-state index in [-0.39, 0.29) is 11.7 Å². The van der Waals surface area contributed by atoms with Crippen molar-refractivity contribution in [1.29, 1.82) is 0 Å². The van der Waals surface area contributed by atoms with Gasteiger partial charge in [0.05, 0.1) is 6.10 Å². The van der Waals surface area contributed by atoms with Crippen molar-refractivity contribution >= 4 is 5.78 Å². The van der Waals surface area contributed by atoms with E-state index in [1.165, 1.54) is 5.56 Å². The molecule has 0 radical (unpaired) electrons. The minimum absolute atomic E-state index is 0.0492. The maximum Gasteiger partial charge on any atom is 0.159 e. The number of hydrogen-bond acceptors (Lipinski definition) is 2. The molecule has 2 atom stereocenters. The van der Waals surface area contributed by atoms with E-state index in [0.717, 1.165) is 18.4 Å². The van der Waals surface area contributed by atoms with Crippen molar-refractivity contribution in [1.82, 2.24) is 0 Å². The second-order valence-electron chi connectivity index (χ2n) is 5.62. The predicted molar refractivity (Wildman–Crippen MR) is 85.3 cm³/mol. The fourth-order valence-corrected chi connectivity index (χ4v) is 2.44. The van der Waals surface area contributed by atoms with Crippen LogP contribution in [0.4, 0.5) is 0 Å². The van der Waals surface area contributed by atoms with E-state index < -0.39 is 6.10 Å². The van der Waals surface area contributed by atoms with Crippen LogP contribution in [-0.2, 0) is 6.42 Å². The molecule has 0 spiro atoms. The van der Waals surface area contributed by atoms with Gasteiger partial charge in [0.1, 0.15) is 0 Å². The average molecular weight is 282 g/mol. The molecule has 0 fully saturated rings. The van der Waals surface area contributed by atoms with E-state index >= 15 is 0 Å². The summed E-state index contributed by atoms with van der Waals surface area (Å²) in [6.07, 6.45) is 1.40. The number of rotatable bonds is 6. The lowest BCUT2D eigenvalue weighted by atomic mass is 9.91. The number of carbonyl (C=O) groups excluding carboxylic acids is 1. The highest BCUT2D eigenvalue weighted by Gasteiger charge is 2.16. The number of Topliss-reactive ketones (excluding diaryl/α,β-unsaturated/α-hetero) is 1. The molecule has 0 aliphatic heterocycles. The molecule has 0 aliphatic rings. The third-order valence-corrected chi connectivity index (χ3v) is 3.93. The highest BCUT2D eigenvalue weighted by atomic mass is 16.3. The Morgan fingerprint density at radius 2 is 1.67 bits per heavy atom. The molecule has 0 saturated carbocycles. The summed E-state index contributed by atoms with van der Waals surface area (Å²) in [6, 6.07) is 17.6. The fraction of sp³-hybridized carbons (Fsp3) is 0.316. The first-order valence-corrected chi connectivity index (χ1v) is 7.41. The first kappa shape index (κ1) is 15.5. The van der Waals surface area contributed by atoms with Crippen molar-refractivity contribution in [3.63, 3.8) is 0 Å². The van der Waals surface area contributed by atoms with Gasteiger partial charge < -0.3 is 5.11 Å². The van der Waals surface area contributed by atoms with Crippen LogP contribution in [0.5, 0.6) is 0 Å². The molecular weight excluding hydrogens is 260 g/mol. The van der Waals surface area contributed by atoms with Gasteiger partial charge >= 0.3 is 0 Å². The SMILES string of the molecule is CC(=O)c1ccc(C(O)C(C)CCc2ccccc2)cc1. The highest BCUT2D eigenvalue weighted by molar-refractivity contribution is 5.94. The van der Waals surface area contributed by atoms with Crippen LogP contribution in [0, 0.1) is 5.92 Å². The van der Waals surface area contributed by atoms with Gasteiger partial charge in [0, 0.05) is 5.56 Å². The van der Waals surface area contributed by atoms with Gasteiger partial charge in [-0.2, -0.15) is 0 Å². The Balaban J connectivity index is 1.95. The maximum absolute atomic E-state index is 11.3. The molecule has 2 aromatic rings. The Labute approximate surface area is 126 Å². The summed E-state index contributed by atoms with van der Waals surface area (Å²) in [5.74, 6) is 0.224. The van der Waals surface area contributed by atoms with Gasteiger partial charge in [-0.15, -0.1) is 0 Å². The zero-order valence-electron chi connectivity index (χ0n) is 12.6. The highest BCUT2D eigenvalue weighted by Crippen LogP contribution is 2.26. The Morgan fingerprint density at radius 3 is 2.24 bits per heavy atom. The van der Waals surface area contributed by atoms with Crippen molar-refractivity contribution in [3.05, 3.63) is 71.3 Å². The standard InChI is InChI=1S/C19H22O2/c1-14(8-9-16-6-4-3-5-7-16)19(21)18-12-10-17(11-13-18)15(2)20/h3-7,10-14,19,21H,8-9H2,1-2H3. The third kappa shape index (κ3) is 4.27. The first-order chi connectivity index (χ1) is 10.1. The lowest BCUT2D eigenvalue weighted by molar-refractivity contribution is 0.101. The van der Waals surface area contributed by atoms with Gasteiger partial charge in [0.25, 0.3) is 0 Å². The zero-order valence-corrected chi connectivity index (χ0v) is 12.6. The van der Waals surface area contributed by atoms with Crippen molar-refractivity contribution in [2.45, 2.75) is 32.8 Å². The number of hydrogen-bond donors (Lipinski definition) is 1. The summed E-state index contributed by atoms with van der Waals surface area (Å²) in [5.41, 5.74) is 2.85. The summed E-state index contributed by atoms with van der Waals surface area (Å²) < 4.78 is 0. The molecule has 0 heterocycles. The molecule has 0 bridgehead atoms. The smallest absolute Gasteiger partial charge is 0.159 e. The van der Waals surface area contributed by atoms with Crippen LogP contribution < -0.4 is 0 Å². The molecule has 0 aliphatic carbocycles. The topological polar surface area (TPSA) is 37.3 Å². The molecule has 2 heteroatoms. The molecule has 110 valence electrons. The Bertz CT molecular complexity index is 572.